The average Bonchev–Trinajstić information content (AvgIpc) is 2.22. The molecule has 0 spiro atoms. The molecule has 1 saturated carbocycles. The molecule has 0 N–H and O–H groups in total. The van der Waals surface area contributed by atoms with E-state index in [9.17, 15) is 4.79 Å². The fraction of sp³-hybridized carbons (Fsp3) is 0.857. The van der Waals surface area contributed by atoms with Gasteiger partial charge in [-0.3, -0.25) is 4.79 Å². The quantitative estimate of drug-likeness (QED) is 0.499. The fourth-order valence-corrected chi connectivity index (χ4v) is 1.17. The van der Waals surface area contributed by atoms with Gasteiger partial charge in [-0.1, -0.05) is 20.8 Å². The van der Waals surface area contributed by atoms with Gasteiger partial charge in [-0.25, -0.2) is 0 Å². The smallest absolute Gasteiger partial charge is 0.205 e. The van der Waals surface area contributed by atoms with Crippen LogP contribution in [-0.2, 0) is 4.79 Å². The van der Waals surface area contributed by atoms with Crippen LogP contribution in [0.3, 0.4) is 0 Å². The van der Waals surface area contributed by atoms with Crippen LogP contribution in [0, 0.1) is 17.3 Å². The Morgan fingerprint density at radius 2 is 1.75 bits per heavy atom. The van der Waals surface area contributed by atoms with E-state index in [1.54, 1.807) is 0 Å². The van der Waals surface area contributed by atoms with Gasteiger partial charge in [0.1, 0.15) is 0 Å². The maximum absolute atomic E-state index is 10.2. The van der Waals surface area contributed by atoms with E-state index < -0.39 is 0 Å². The van der Waals surface area contributed by atoms with E-state index in [0.29, 0.717) is 11.8 Å². The van der Waals surface area contributed by atoms with Crippen LogP contribution in [0.4, 0.5) is 0 Å². The summed E-state index contributed by atoms with van der Waals surface area (Å²) in [6.45, 7) is 6.15. The van der Waals surface area contributed by atoms with Gasteiger partial charge in [0.15, 0.2) is 0 Å². The monoisotopic (exact) mass is 111 g/mol. The van der Waals surface area contributed by atoms with Crippen molar-refractivity contribution in [2.45, 2.75) is 20.8 Å². The number of carbonyl (C=O) groups excluding carboxylic acids is 1. The second kappa shape index (κ2) is 1.34. The van der Waals surface area contributed by atoms with Crippen LogP contribution in [0.25, 0.3) is 0 Å². The summed E-state index contributed by atoms with van der Waals surface area (Å²) < 4.78 is 0. The van der Waals surface area contributed by atoms with Crippen molar-refractivity contribution >= 4 is 6.29 Å². The molecule has 0 aromatic carbocycles. The molecule has 1 radical (unpaired) electrons. The summed E-state index contributed by atoms with van der Waals surface area (Å²) in [7, 11) is 0. The second-order valence-corrected chi connectivity index (χ2v) is 2.96. The molecule has 0 aliphatic heterocycles. The van der Waals surface area contributed by atoms with Crippen LogP contribution in [0.1, 0.15) is 20.8 Å². The molecule has 0 bridgehead atoms. The van der Waals surface area contributed by atoms with E-state index in [-0.39, 0.29) is 5.41 Å². The molecule has 1 aliphatic carbocycles. The lowest BCUT2D eigenvalue weighted by Crippen LogP contribution is -1.97. The first-order valence-corrected chi connectivity index (χ1v) is 3.02. The summed E-state index contributed by atoms with van der Waals surface area (Å²) in [6, 6.07) is 0. The van der Waals surface area contributed by atoms with Crippen LogP contribution in [0.5, 0.6) is 0 Å². The molecule has 0 aromatic heterocycles. The molecule has 1 heteroatoms. The van der Waals surface area contributed by atoms with E-state index in [1.165, 1.54) is 0 Å². The van der Waals surface area contributed by atoms with Crippen molar-refractivity contribution in [1.29, 1.82) is 0 Å². The third-order valence-electron chi connectivity index (χ3n) is 2.75. The Balaban J connectivity index is 2.63. The van der Waals surface area contributed by atoms with Gasteiger partial charge in [-0.05, 0) is 11.8 Å². The lowest BCUT2D eigenvalue weighted by Gasteiger charge is -1.91. The molecule has 0 aromatic rings. The average molecular weight is 111 g/mol. The highest BCUT2D eigenvalue weighted by atomic mass is 16.1. The Morgan fingerprint density at radius 3 is 1.75 bits per heavy atom. The molecule has 8 heavy (non-hydrogen) atoms. The van der Waals surface area contributed by atoms with E-state index >= 15 is 0 Å². The minimum absolute atomic E-state index is 0.0972. The molecule has 1 rings (SSSR count). The summed E-state index contributed by atoms with van der Waals surface area (Å²) in [5.74, 6) is 1.11. The van der Waals surface area contributed by atoms with Crippen molar-refractivity contribution in [2.24, 2.45) is 17.3 Å². The second-order valence-electron chi connectivity index (χ2n) is 2.96. The lowest BCUT2D eigenvalue weighted by molar-refractivity contribution is 0.510. The predicted molar refractivity (Wildman–Crippen MR) is 32.1 cm³/mol. The topological polar surface area (TPSA) is 17.1 Å². The standard InChI is InChI=1S/C7H11O/c1-5-6(2)7(5,3)4-8/h5-6H,1-3H3. The van der Waals surface area contributed by atoms with Crippen LogP contribution in [0.15, 0.2) is 0 Å². The molecule has 0 heterocycles. The van der Waals surface area contributed by atoms with Gasteiger partial charge in [0.05, 0.1) is 0 Å². The summed E-state index contributed by atoms with van der Waals surface area (Å²) >= 11 is 0. The van der Waals surface area contributed by atoms with Crippen LogP contribution in [-0.4, -0.2) is 6.29 Å². The highest BCUT2D eigenvalue weighted by molar-refractivity contribution is 5.65. The Morgan fingerprint density at radius 1 is 1.38 bits per heavy atom. The zero-order chi connectivity index (χ0) is 6.36. The molecule has 1 aliphatic rings. The number of rotatable bonds is 1. The largest absolute Gasteiger partial charge is 0.290 e. The Labute approximate surface area is 50.1 Å². The van der Waals surface area contributed by atoms with Crippen molar-refractivity contribution in [3.05, 3.63) is 0 Å². The summed E-state index contributed by atoms with van der Waals surface area (Å²) in [4.78, 5) is 10.2. The van der Waals surface area contributed by atoms with Crippen molar-refractivity contribution in [3.63, 3.8) is 0 Å². The lowest BCUT2D eigenvalue weighted by atomic mass is 10.1. The Kier molecular flexibility index (Phi) is 0.969. The van der Waals surface area contributed by atoms with Crippen LogP contribution in [0.2, 0.25) is 0 Å². The van der Waals surface area contributed by atoms with E-state index in [0.717, 1.165) is 0 Å². The van der Waals surface area contributed by atoms with Gasteiger partial charge in [-0.15, -0.1) is 0 Å². The summed E-state index contributed by atoms with van der Waals surface area (Å²) in [5.41, 5.74) is -0.0972. The normalized spacial score (nSPS) is 53.4. The molecule has 0 saturated heterocycles. The van der Waals surface area contributed by atoms with Gasteiger partial charge >= 0.3 is 0 Å². The van der Waals surface area contributed by atoms with E-state index in [4.69, 9.17) is 0 Å². The molecule has 0 amide bonds. The molecule has 45 valence electrons. The zero-order valence-corrected chi connectivity index (χ0v) is 5.56. The minimum Gasteiger partial charge on any atom is -0.290 e. The van der Waals surface area contributed by atoms with Crippen molar-refractivity contribution in [2.75, 3.05) is 0 Å². The summed E-state index contributed by atoms with van der Waals surface area (Å²) in [6.07, 6.45) is 2.06. The summed E-state index contributed by atoms with van der Waals surface area (Å²) in [5, 5.41) is 0. The van der Waals surface area contributed by atoms with Crippen LogP contribution >= 0.6 is 0 Å². The minimum atomic E-state index is -0.0972. The number of hydrogen-bond donors (Lipinski definition) is 0. The van der Waals surface area contributed by atoms with Gasteiger partial charge in [0, 0.05) is 5.41 Å². The molecule has 1 nitrogen and oxygen atoms in total. The first-order chi connectivity index (χ1) is 3.63. The molecular weight excluding hydrogens is 100 g/mol. The Hall–Kier alpha value is -0.330. The number of hydrogen-bond acceptors (Lipinski definition) is 1. The molecular formula is C7H11O. The molecule has 2 unspecified atom stereocenters. The maximum Gasteiger partial charge on any atom is 0.205 e. The van der Waals surface area contributed by atoms with E-state index in [1.807, 2.05) is 6.92 Å². The SMILES string of the molecule is CC1C(C)C1(C)[C]=O. The van der Waals surface area contributed by atoms with Gasteiger partial charge in [-0.2, -0.15) is 0 Å². The van der Waals surface area contributed by atoms with E-state index in [2.05, 4.69) is 20.1 Å². The Bertz CT molecular complexity index is 110. The highest BCUT2D eigenvalue weighted by Crippen LogP contribution is 2.55. The first-order valence-electron chi connectivity index (χ1n) is 3.02. The van der Waals surface area contributed by atoms with Crippen molar-refractivity contribution in [3.8, 4) is 0 Å². The van der Waals surface area contributed by atoms with Crippen molar-refractivity contribution < 1.29 is 4.79 Å². The highest BCUT2D eigenvalue weighted by Gasteiger charge is 2.56. The van der Waals surface area contributed by atoms with Crippen molar-refractivity contribution in [1.82, 2.24) is 0 Å². The predicted octanol–water partition coefficient (Wildman–Crippen LogP) is 1.39. The zero-order valence-electron chi connectivity index (χ0n) is 5.56. The third-order valence-corrected chi connectivity index (χ3v) is 2.75. The van der Waals surface area contributed by atoms with Gasteiger partial charge in [0.25, 0.3) is 0 Å². The third kappa shape index (κ3) is 0.445. The first kappa shape index (κ1) is 5.80. The fourth-order valence-electron chi connectivity index (χ4n) is 1.17. The molecule has 1 fully saturated rings. The van der Waals surface area contributed by atoms with Crippen LogP contribution < -0.4 is 0 Å². The molecule has 2 atom stereocenters. The van der Waals surface area contributed by atoms with Gasteiger partial charge in [0.2, 0.25) is 6.29 Å². The maximum atomic E-state index is 10.2. The van der Waals surface area contributed by atoms with Gasteiger partial charge < -0.3 is 0 Å².